The van der Waals surface area contributed by atoms with Gasteiger partial charge < -0.3 is 9.47 Å². The zero-order valence-electron chi connectivity index (χ0n) is 30.0. The molecule has 2 nitrogen and oxygen atoms in total. The fourth-order valence-corrected chi connectivity index (χ4v) is 5.45. The summed E-state index contributed by atoms with van der Waals surface area (Å²) in [4.78, 5) is 0. The molecule has 0 amide bonds. The summed E-state index contributed by atoms with van der Waals surface area (Å²) in [5, 5.41) is 0. The summed E-state index contributed by atoms with van der Waals surface area (Å²) in [5.74, 6) is 8.74. The van der Waals surface area contributed by atoms with Crippen LogP contribution in [0.2, 0.25) is 0 Å². The second-order valence-corrected chi connectivity index (χ2v) is 12.4. The summed E-state index contributed by atoms with van der Waals surface area (Å²) in [5.41, 5.74) is 6.54. The Labute approximate surface area is 284 Å². The lowest BCUT2D eigenvalue weighted by atomic mass is 10.0. The Kier molecular flexibility index (Phi) is 18.4. The van der Waals surface area contributed by atoms with Gasteiger partial charge >= 0.3 is 0 Å². The second kappa shape index (κ2) is 21.9. The maximum Gasteiger partial charge on any atom is 0.174 e. The molecule has 4 heteroatoms. The Bertz CT molecular complexity index is 1460. The Hall–Kier alpha value is -3.76. The summed E-state index contributed by atoms with van der Waals surface area (Å²) < 4.78 is 40.4. The monoisotopic (exact) mass is 642 g/mol. The molecule has 0 heterocycles. The number of rotatable bonds is 16. The van der Waals surface area contributed by atoms with Crippen molar-refractivity contribution in [3.05, 3.63) is 92.5 Å². The van der Waals surface area contributed by atoms with Gasteiger partial charge in [-0.15, -0.1) is 6.42 Å². The molecule has 47 heavy (non-hydrogen) atoms. The average Bonchev–Trinajstić information content (AvgIpc) is 3.03. The van der Waals surface area contributed by atoms with Crippen molar-refractivity contribution in [1.82, 2.24) is 0 Å². The van der Waals surface area contributed by atoms with Crippen molar-refractivity contribution >= 4 is 0 Å². The van der Waals surface area contributed by atoms with Crippen molar-refractivity contribution in [2.24, 2.45) is 0 Å². The maximum absolute atomic E-state index is 14.5. The maximum atomic E-state index is 14.5. The molecule has 0 aliphatic carbocycles. The lowest BCUT2D eigenvalue weighted by Gasteiger charge is -2.10. The van der Waals surface area contributed by atoms with Gasteiger partial charge in [0.1, 0.15) is 11.5 Å². The van der Waals surface area contributed by atoms with E-state index in [2.05, 4.69) is 38.5 Å². The normalized spacial score (nSPS) is 10.4. The fourth-order valence-electron chi connectivity index (χ4n) is 5.45. The Morgan fingerprint density at radius 3 is 1.51 bits per heavy atom. The predicted molar refractivity (Wildman–Crippen MR) is 195 cm³/mol. The van der Waals surface area contributed by atoms with Gasteiger partial charge in [-0.3, -0.25) is 0 Å². The van der Waals surface area contributed by atoms with Crippen LogP contribution in [0.1, 0.15) is 136 Å². The fraction of sp³-hybridized carbons (Fsp3) is 0.488. The van der Waals surface area contributed by atoms with Crippen molar-refractivity contribution in [3.8, 4) is 35.7 Å². The second-order valence-electron chi connectivity index (χ2n) is 12.4. The minimum absolute atomic E-state index is 0.0989. The summed E-state index contributed by atoms with van der Waals surface area (Å²) in [7, 11) is 0. The Balaban J connectivity index is 0.000000382. The van der Waals surface area contributed by atoms with E-state index >= 15 is 0 Å². The van der Waals surface area contributed by atoms with Crippen molar-refractivity contribution in [3.63, 3.8) is 0 Å². The van der Waals surface area contributed by atoms with E-state index < -0.39 is 11.6 Å². The lowest BCUT2D eigenvalue weighted by Crippen LogP contribution is -2.00. The quantitative estimate of drug-likeness (QED) is 0.114. The zero-order valence-corrected chi connectivity index (χ0v) is 30.0. The van der Waals surface area contributed by atoms with Crippen molar-refractivity contribution in [2.45, 2.75) is 126 Å². The molecular weight excluding hydrogens is 586 g/mol. The first-order valence-corrected chi connectivity index (χ1v) is 17.6. The zero-order chi connectivity index (χ0) is 34.6. The van der Waals surface area contributed by atoms with Gasteiger partial charge in [0.15, 0.2) is 11.6 Å². The minimum atomic E-state index is -0.848. The van der Waals surface area contributed by atoms with Gasteiger partial charge in [-0.05, 0) is 112 Å². The smallest absolute Gasteiger partial charge is 0.174 e. The topological polar surface area (TPSA) is 18.5 Å². The van der Waals surface area contributed by atoms with Crippen LogP contribution in [0.4, 0.5) is 8.78 Å². The highest BCUT2D eigenvalue weighted by atomic mass is 19.2. The molecule has 254 valence electrons. The highest BCUT2D eigenvalue weighted by Crippen LogP contribution is 2.24. The molecule has 0 saturated carbocycles. The summed E-state index contributed by atoms with van der Waals surface area (Å²) in [6.45, 7) is 16.0. The number of unbranched alkanes of at least 4 members (excludes halogenated alkanes) is 8. The number of hydrogen-bond acceptors (Lipinski definition) is 2. The van der Waals surface area contributed by atoms with Gasteiger partial charge in [0, 0.05) is 11.1 Å². The summed E-state index contributed by atoms with van der Waals surface area (Å²) in [6.07, 6.45) is 18.5. The van der Waals surface area contributed by atoms with E-state index in [4.69, 9.17) is 15.9 Å². The van der Waals surface area contributed by atoms with Gasteiger partial charge in [0.2, 0.25) is 0 Å². The lowest BCUT2D eigenvalue weighted by molar-refractivity contribution is 0.304. The standard InChI is InChI=1S/C27H34F2O.C16H22O/c1-5-7-9-11-17-30-24-18-20(3)25(21(4)19-24)16-15-23-14-13-22(12-10-8-6-2)26(28)27(23)29;1-5-7-8-9-10-17-15-11-13(3)16(6-2)14(4)12-15/h13-14,18-19H,5-12,17H2,1-4H3;2,11-12H,5,7-10H2,1,3-4H3. The number of benzene rings is 3. The summed E-state index contributed by atoms with van der Waals surface area (Å²) >= 11 is 0. The van der Waals surface area contributed by atoms with E-state index in [1.807, 2.05) is 52.0 Å². The van der Waals surface area contributed by atoms with Crippen LogP contribution >= 0.6 is 0 Å². The van der Waals surface area contributed by atoms with Crippen molar-refractivity contribution in [1.29, 1.82) is 0 Å². The van der Waals surface area contributed by atoms with Crippen LogP contribution in [-0.2, 0) is 6.42 Å². The van der Waals surface area contributed by atoms with Crippen LogP contribution in [0.5, 0.6) is 11.5 Å². The van der Waals surface area contributed by atoms with Gasteiger partial charge in [0.05, 0.1) is 18.8 Å². The van der Waals surface area contributed by atoms with E-state index in [0.29, 0.717) is 18.6 Å². The number of terminal acetylenes is 1. The molecule has 0 spiro atoms. The molecule has 0 radical (unpaired) electrons. The summed E-state index contributed by atoms with van der Waals surface area (Å²) in [6, 6.07) is 11.2. The molecule has 3 rings (SSSR count). The number of aryl methyl sites for hydroxylation is 5. The van der Waals surface area contributed by atoms with E-state index in [-0.39, 0.29) is 5.56 Å². The molecule has 3 aromatic rings. The largest absolute Gasteiger partial charge is 0.494 e. The first-order chi connectivity index (χ1) is 22.7. The first-order valence-electron chi connectivity index (χ1n) is 17.6. The highest BCUT2D eigenvalue weighted by Gasteiger charge is 2.12. The Morgan fingerprint density at radius 1 is 0.574 bits per heavy atom. The highest BCUT2D eigenvalue weighted by molar-refractivity contribution is 5.53. The molecule has 0 aliphatic heterocycles. The van der Waals surface area contributed by atoms with Crippen LogP contribution in [0, 0.1) is 63.5 Å². The molecular formula is C43H56F2O2. The first kappa shape index (κ1) is 39.4. The van der Waals surface area contributed by atoms with E-state index in [1.165, 1.54) is 38.5 Å². The van der Waals surface area contributed by atoms with E-state index in [0.717, 1.165) is 83.6 Å². The van der Waals surface area contributed by atoms with E-state index in [1.54, 1.807) is 12.1 Å². The Morgan fingerprint density at radius 2 is 1.04 bits per heavy atom. The molecule has 0 bridgehead atoms. The van der Waals surface area contributed by atoms with Crippen LogP contribution in [0.3, 0.4) is 0 Å². The predicted octanol–water partition coefficient (Wildman–Crippen LogP) is 11.9. The van der Waals surface area contributed by atoms with Crippen LogP contribution in [-0.4, -0.2) is 13.2 Å². The number of ether oxygens (including phenoxy) is 2. The molecule has 0 saturated heterocycles. The SMILES string of the molecule is C#Cc1c(C)cc(OCCCCCC)cc1C.CCCCCCOc1cc(C)c(C#Cc2ccc(CCCCC)c(F)c2F)c(C)c1. The van der Waals surface area contributed by atoms with Crippen LogP contribution in [0.25, 0.3) is 0 Å². The molecule has 0 fully saturated rings. The van der Waals surface area contributed by atoms with Gasteiger partial charge in [-0.2, -0.15) is 0 Å². The molecule has 0 aromatic heterocycles. The van der Waals surface area contributed by atoms with Crippen molar-refractivity contribution in [2.75, 3.05) is 13.2 Å². The molecule has 3 aromatic carbocycles. The average molecular weight is 643 g/mol. The number of halogens is 2. The van der Waals surface area contributed by atoms with E-state index in [9.17, 15) is 8.78 Å². The molecule has 0 unspecified atom stereocenters. The van der Waals surface area contributed by atoms with Crippen molar-refractivity contribution < 1.29 is 18.3 Å². The molecule has 0 atom stereocenters. The van der Waals surface area contributed by atoms with Gasteiger partial charge in [-0.25, -0.2) is 8.78 Å². The third kappa shape index (κ3) is 13.5. The van der Waals surface area contributed by atoms with Crippen LogP contribution in [0.15, 0.2) is 36.4 Å². The molecule has 0 N–H and O–H groups in total. The van der Waals surface area contributed by atoms with Crippen LogP contribution < -0.4 is 9.47 Å². The van der Waals surface area contributed by atoms with Gasteiger partial charge in [-0.1, -0.05) is 96.0 Å². The third-order valence-electron chi connectivity index (χ3n) is 8.22. The number of hydrogen-bond donors (Lipinski definition) is 0. The van der Waals surface area contributed by atoms with Gasteiger partial charge in [0.25, 0.3) is 0 Å². The third-order valence-corrected chi connectivity index (χ3v) is 8.22. The minimum Gasteiger partial charge on any atom is -0.494 e. The molecule has 0 aliphatic rings.